The van der Waals surface area contributed by atoms with Crippen LogP contribution in [0.3, 0.4) is 0 Å². The number of ether oxygens (including phenoxy) is 1. The number of aliphatic hydroxyl groups is 1. The van der Waals surface area contributed by atoms with E-state index in [-0.39, 0.29) is 25.1 Å². The number of nitrogens with zero attached hydrogens (tertiary/aromatic N) is 3. The minimum atomic E-state index is -6.01. The van der Waals surface area contributed by atoms with Crippen molar-refractivity contribution in [2.24, 2.45) is 0 Å². The molecule has 2 N–H and O–H groups in total. The van der Waals surface area contributed by atoms with Crippen molar-refractivity contribution in [3.05, 3.63) is 58.7 Å². The zero-order valence-electron chi connectivity index (χ0n) is 26.3. The second-order valence-corrected chi connectivity index (χ2v) is 12.6. The summed E-state index contributed by atoms with van der Waals surface area (Å²) in [5, 5.41) is 12.7. The van der Waals surface area contributed by atoms with Gasteiger partial charge >= 0.3 is 18.4 Å². The van der Waals surface area contributed by atoms with Crippen molar-refractivity contribution in [2.75, 3.05) is 31.1 Å². The predicted octanol–water partition coefficient (Wildman–Crippen LogP) is 4.78. The molecule has 0 spiro atoms. The van der Waals surface area contributed by atoms with Gasteiger partial charge in [0.1, 0.15) is 17.8 Å². The van der Waals surface area contributed by atoms with Crippen molar-refractivity contribution in [2.45, 2.75) is 82.5 Å². The maximum absolute atomic E-state index is 13.6. The van der Waals surface area contributed by atoms with Crippen LogP contribution in [-0.2, 0) is 33.6 Å². The lowest BCUT2D eigenvalue weighted by atomic mass is 9.89. The lowest BCUT2D eigenvalue weighted by molar-refractivity contribution is -0.376. The maximum atomic E-state index is 13.6. The van der Waals surface area contributed by atoms with Crippen LogP contribution >= 0.6 is 0 Å². The molecule has 0 radical (unpaired) electrons. The van der Waals surface area contributed by atoms with Crippen molar-refractivity contribution in [3.63, 3.8) is 0 Å². The summed E-state index contributed by atoms with van der Waals surface area (Å²) in [6, 6.07) is 6.10. The highest BCUT2D eigenvalue weighted by Crippen LogP contribution is 2.50. The van der Waals surface area contributed by atoms with E-state index in [1.165, 1.54) is 4.90 Å². The smallest absolute Gasteiger partial charge is 0.430 e. The van der Waals surface area contributed by atoms with Crippen LogP contribution in [0.5, 0.6) is 5.75 Å². The normalized spacial score (nSPS) is 23.6. The Labute approximate surface area is 267 Å². The highest BCUT2D eigenvalue weighted by atomic mass is 19.4. The Bertz CT molecular complexity index is 1570. The minimum absolute atomic E-state index is 0.105. The van der Waals surface area contributed by atoms with Gasteiger partial charge in [0.15, 0.2) is 0 Å². The van der Waals surface area contributed by atoms with E-state index in [2.05, 4.69) is 5.32 Å². The number of halogens is 6. The summed E-state index contributed by atoms with van der Waals surface area (Å²) in [5.41, 5.74) is -5.72. The highest BCUT2D eigenvalue weighted by molar-refractivity contribution is 6.09. The first-order chi connectivity index (χ1) is 21.8. The Hall–Kier alpha value is -4.01. The summed E-state index contributed by atoms with van der Waals surface area (Å²) < 4.78 is 87.1. The molecule has 0 aliphatic carbocycles. The van der Waals surface area contributed by atoms with E-state index < -0.39 is 65.5 Å². The number of carbonyl (C=O) groups is 3. The number of aryl methyl sites for hydroxylation is 1. The van der Waals surface area contributed by atoms with Gasteiger partial charge < -0.3 is 25.0 Å². The zero-order valence-corrected chi connectivity index (χ0v) is 26.3. The van der Waals surface area contributed by atoms with Gasteiger partial charge in [-0.2, -0.15) is 26.3 Å². The van der Waals surface area contributed by atoms with Crippen molar-refractivity contribution >= 4 is 23.5 Å². The van der Waals surface area contributed by atoms with Crippen LogP contribution in [0.1, 0.15) is 56.4 Å². The summed E-state index contributed by atoms with van der Waals surface area (Å²) in [7, 11) is 0. The summed E-state index contributed by atoms with van der Waals surface area (Å²) >= 11 is 0. The molecule has 0 bridgehead atoms. The van der Waals surface area contributed by atoms with E-state index in [1.807, 2.05) is 0 Å². The topological polar surface area (TPSA) is 102 Å². The maximum Gasteiger partial charge on any atom is 0.430 e. The number of anilines is 1. The monoisotopic (exact) mass is 670 g/mol. The number of rotatable bonds is 7. The van der Waals surface area contributed by atoms with Crippen LogP contribution < -0.4 is 15.0 Å². The lowest BCUT2D eigenvalue weighted by Crippen LogP contribution is -2.60. The second kappa shape index (κ2) is 11.9. The van der Waals surface area contributed by atoms with Gasteiger partial charge in [0.05, 0.1) is 6.61 Å². The molecule has 2 fully saturated rings. The number of fused-ring (bicyclic) bond motifs is 1. The molecule has 3 aliphatic heterocycles. The Kier molecular flexibility index (Phi) is 8.69. The number of amides is 4. The standard InChI is InChI=1S/C32H36F6N4O5/c1-5-6-20-13-23(30(46,31(33,34)35)32(36,37)38)7-9-24(20)40-15-19(3)41(16-18(40)2)26(43)17-42-27(44)29(4,39-28(42)45)22-8-10-25-21(14-22)11-12-47-25/h7-10,13-14,18-19,46H,5-6,11-12,15-17H2,1-4H3,(H,39,45)/t18-,19+,29?/m1/s1. The molecular weight excluding hydrogens is 634 g/mol. The van der Waals surface area contributed by atoms with Gasteiger partial charge in [-0.1, -0.05) is 31.5 Å². The van der Waals surface area contributed by atoms with E-state index in [1.54, 1.807) is 50.8 Å². The van der Waals surface area contributed by atoms with Crippen molar-refractivity contribution in [1.82, 2.24) is 15.1 Å². The Balaban J connectivity index is 1.33. The molecule has 3 aliphatic rings. The van der Waals surface area contributed by atoms with Gasteiger partial charge in [0.25, 0.3) is 11.5 Å². The van der Waals surface area contributed by atoms with Gasteiger partial charge in [-0.05, 0) is 62.1 Å². The number of piperazine rings is 1. The number of carbonyl (C=O) groups excluding carboxylic acids is 3. The van der Waals surface area contributed by atoms with Crippen LogP contribution in [0.2, 0.25) is 0 Å². The Morgan fingerprint density at radius 3 is 2.34 bits per heavy atom. The van der Waals surface area contributed by atoms with Crippen LogP contribution in [0, 0.1) is 0 Å². The number of alkyl halides is 6. The molecule has 9 nitrogen and oxygen atoms in total. The van der Waals surface area contributed by atoms with Crippen LogP contribution in [0.25, 0.3) is 0 Å². The van der Waals surface area contributed by atoms with E-state index in [4.69, 9.17) is 4.74 Å². The fraction of sp³-hybridized carbons (Fsp3) is 0.531. The molecule has 5 rings (SSSR count). The molecule has 0 aromatic heterocycles. The molecule has 3 atom stereocenters. The van der Waals surface area contributed by atoms with E-state index in [9.17, 15) is 45.8 Å². The first-order valence-corrected chi connectivity index (χ1v) is 15.3. The first-order valence-electron chi connectivity index (χ1n) is 15.3. The third-order valence-electron chi connectivity index (χ3n) is 9.29. The van der Waals surface area contributed by atoms with Gasteiger partial charge in [0, 0.05) is 42.8 Å². The Morgan fingerprint density at radius 2 is 1.70 bits per heavy atom. The summed E-state index contributed by atoms with van der Waals surface area (Å²) in [6.45, 7) is 7.04. The molecule has 2 aromatic rings. The summed E-state index contributed by atoms with van der Waals surface area (Å²) in [4.78, 5) is 44.2. The third kappa shape index (κ3) is 5.76. The van der Waals surface area contributed by atoms with E-state index in [0.29, 0.717) is 42.5 Å². The van der Waals surface area contributed by atoms with Crippen molar-refractivity contribution in [3.8, 4) is 5.75 Å². The average Bonchev–Trinajstić information content (AvgIpc) is 3.55. The van der Waals surface area contributed by atoms with E-state index >= 15 is 0 Å². The number of benzene rings is 2. The Morgan fingerprint density at radius 1 is 1.02 bits per heavy atom. The van der Waals surface area contributed by atoms with Crippen LogP contribution in [0.4, 0.5) is 36.8 Å². The van der Waals surface area contributed by atoms with Gasteiger partial charge in [0.2, 0.25) is 5.91 Å². The molecular formula is C32H36F6N4O5. The minimum Gasteiger partial charge on any atom is -0.493 e. The molecule has 256 valence electrons. The lowest BCUT2D eigenvalue weighted by Gasteiger charge is -2.46. The number of hydrogen-bond donors (Lipinski definition) is 2. The average molecular weight is 671 g/mol. The van der Waals surface area contributed by atoms with E-state index in [0.717, 1.165) is 22.6 Å². The number of hydrogen-bond acceptors (Lipinski definition) is 6. The molecule has 0 saturated carbocycles. The predicted molar refractivity (Wildman–Crippen MR) is 158 cm³/mol. The number of urea groups is 1. The van der Waals surface area contributed by atoms with Crippen LogP contribution in [0.15, 0.2) is 36.4 Å². The molecule has 2 aromatic carbocycles. The molecule has 3 heterocycles. The first kappa shape index (κ1) is 34.3. The third-order valence-corrected chi connectivity index (χ3v) is 9.29. The quantitative estimate of drug-likeness (QED) is 0.325. The largest absolute Gasteiger partial charge is 0.493 e. The number of imide groups is 1. The summed E-state index contributed by atoms with van der Waals surface area (Å²) in [5.74, 6) is -0.370. The molecule has 4 amide bonds. The molecule has 47 heavy (non-hydrogen) atoms. The number of nitrogens with one attached hydrogen (secondary N) is 1. The molecule has 1 unspecified atom stereocenters. The van der Waals surface area contributed by atoms with Gasteiger partial charge in [-0.25, -0.2) is 4.79 Å². The fourth-order valence-corrected chi connectivity index (χ4v) is 6.62. The van der Waals surface area contributed by atoms with Crippen LogP contribution in [-0.4, -0.2) is 83.4 Å². The highest BCUT2D eigenvalue weighted by Gasteiger charge is 2.71. The van der Waals surface area contributed by atoms with Gasteiger partial charge in [-0.15, -0.1) is 0 Å². The fourth-order valence-electron chi connectivity index (χ4n) is 6.62. The van der Waals surface area contributed by atoms with Crippen molar-refractivity contribution in [1.29, 1.82) is 0 Å². The van der Waals surface area contributed by atoms with Crippen molar-refractivity contribution < 1.29 is 50.6 Å². The molecule has 2 saturated heterocycles. The SMILES string of the molecule is CCCc1cc(C(O)(C(F)(F)F)C(F)(F)F)ccc1N1C[C@H](C)N(C(=O)CN2C(=O)NC(C)(c3ccc4c(c3)CCO4)C2=O)C[C@H]1C. The molecule has 15 heteroatoms. The van der Waals surface area contributed by atoms with Gasteiger partial charge in [-0.3, -0.25) is 14.5 Å². The summed E-state index contributed by atoms with van der Waals surface area (Å²) in [6.07, 6.45) is -10.8. The second-order valence-electron chi connectivity index (χ2n) is 12.6. The zero-order chi connectivity index (χ0) is 34.7.